The molecule has 4 amide bonds. The molecular formula is C25H28FN5O6. The summed E-state index contributed by atoms with van der Waals surface area (Å²) in [6.07, 6.45) is -2.33. The average molecular weight is 514 g/mol. The van der Waals surface area contributed by atoms with E-state index in [9.17, 15) is 34.1 Å². The monoisotopic (exact) mass is 513 g/mol. The molecule has 0 spiro atoms. The molecule has 5 atom stereocenters. The first-order chi connectivity index (χ1) is 17.6. The second-order valence-corrected chi connectivity index (χ2v) is 9.21. The number of anilines is 1. The molecule has 3 aromatic rings. The van der Waals surface area contributed by atoms with Crippen LogP contribution in [-0.2, 0) is 16.0 Å². The third-order valence-corrected chi connectivity index (χ3v) is 6.48. The van der Waals surface area contributed by atoms with Gasteiger partial charge in [0.05, 0.1) is 12.1 Å². The third-order valence-electron chi connectivity index (χ3n) is 6.48. The van der Waals surface area contributed by atoms with E-state index < -0.39 is 66.4 Å². The molecule has 1 aliphatic carbocycles. The summed E-state index contributed by atoms with van der Waals surface area (Å²) in [5.41, 5.74) is 4.98. The summed E-state index contributed by atoms with van der Waals surface area (Å²) in [4.78, 5) is 40.7. The van der Waals surface area contributed by atoms with Gasteiger partial charge in [0.25, 0.3) is 5.91 Å². The number of primary amides is 1. The Bertz CT molecular complexity index is 1320. The first-order valence-corrected chi connectivity index (χ1v) is 11.6. The van der Waals surface area contributed by atoms with Crippen molar-refractivity contribution in [2.24, 2.45) is 5.73 Å². The molecule has 0 bridgehead atoms. The number of hydrogen-bond acceptors (Lipinski definition) is 6. The fraction of sp³-hybridized carbons (Fsp3) is 0.320. The number of carbonyl (C=O) groups excluding carboxylic acids is 3. The minimum atomic E-state index is -2.23. The number of rotatable bonds is 7. The second-order valence-electron chi connectivity index (χ2n) is 9.21. The molecule has 1 aliphatic rings. The van der Waals surface area contributed by atoms with E-state index in [1.807, 2.05) is 24.3 Å². The van der Waals surface area contributed by atoms with Crippen LogP contribution in [-0.4, -0.2) is 68.0 Å². The average Bonchev–Trinajstić information content (AvgIpc) is 3.24. The number of aliphatic hydroxyl groups is 3. The van der Waals surface area contributed by atoms with E-state index in [1.165, 1.54) is 18.2 Å². The lowest BCUT2D eigenvalue weighted by atomic mass is 9.77. The first-order valence-electron chi connectivity index (χ1n) is 11.6. The number of H-pyrrole nitrogens is 1. The van der Waals surface area contributed by atoms with Crippen LogP contribution in [0.3, 0.4) is 0 Å². The van der Waals surface area contributed by atoms with Crippen LogP contribution in [0.15, 0.2) is 54.7 Å². The number of amides is 4. The number of para-hydroxylation sites is 1. The number of benzene rings is 2. The van der Waals surface area contributed by atoms with Crippen molar-refractivity contribution >= 4 is 34.4 Å². The van der Waals surface area contributed by atoms with Crippen LogP contribution in [0.25, 0.3) is 10.9 Å². The number of aromatic nitrogens is 1. The Morgan fingerprint density at radius 2 is 1.89 bits per heavy atom. The number of hydrogen-bond donors (Lipinski definition) is 8. The van der Waals surface area contributed by atoms with Gasteiger partial charge in [-0.25, -0.2) is 9.18 Å². The van der Waals surface area contributed by atoms with Crippen LogP contribution in [0.2, 0.25) is 0 Å². The predicted molar refractivity (Wildman–Crippen MR) is 132 cm³/mol. The number of nitrogens with two attached hydrogens (primary N) is 1. The lowest BCUT2D eigenvalue weighted by Crippen LogP contribution is -2.64. The van der Waals surface area contributed by atoms with Crippen molar-refractivity contribution in [3.63, 3.8) is 0 Å². The SMILES string of the molecule is NC(=O)C(Cc1c[nH]c2ccccc12)NC(=O)C1(O)CC(O)C(O)C(NC(=O)Nc2cccc(F)c2)C1. The standard InChI is InChI=1S/C25H28FN5O6/c26-14-4-3-5-15(9-14)29-24(36)31-19-10-25(37,11-20(32)21(19)33)23(35)30-18(22(27)34)8-13-12-28-17-7-2-1-6-16(13)17/h1-7,9,12,18-21,28,32-33,37H,8,10-11H2,(H2,27,34)(H,30,35)(H2,29,31,36). The van der Waals surface area contributed by atoms with Crippen molar-refractivity contribution in [1.82, 2.24) is 15.6 Å². The molecule has 37 heavy (non-hydrogen) atoms. The summed E-state index contributed by atoms with van der Waals surface area (Å²) < 4.78 is 13.4. The summed E-state index contributed by atoms with van der Waals surface area (Å²) in [6.45, 7) is 0. The molecule has 12 heteroatoms. The van der Waals surface area contributed by atoms with E-state index in [-0.39, 0.29) is 12.1 Å². The van der Waals surface area contributed by atoms with E-state index in [0.29, 0.717) is 0 Å². The highest BCUT2D eigenvalue weighted by Crippen LogP contribution is 2.30. The fourth-order valence-corrected chi connectivity index (χ4v) is 4.56. The maximum Gasteiger partial charge on any atom is 0.319 e. The van der Waals surface area contributed by atoms with Gasteiger partial charge in [-0.2, -0.15) is 0 Å². The van der Waals surface area contributed by atoms with Crippen molar-refractivity contribution in [3.8, 4) is 0 Å². The zero-order valence-electron chi connectivity index (χ0n) is 19.6. The van der Waals surface area contributed by atoms with Crippen LogP contribution >= 0.6 is 0 Å². The number of carbonyl (C=O) groups is 3. The van der Waals surface area contributed by atoms with E-state index in [2.05, 4.69) is 20.9 Å². The van der Waals surface area contributed by atoms with Crippen LogP contribution in [0.4, 0.5) is 14.9 Å². The lowest BCUT2D eigenvalue weighted by molar-refractivity contribution is -0.158. The van der Waals surface area contributed by atoms with Gasteiger partial charge < -0.3 is 42.0 Å². The van der Waals surface area contributed by atoms with Crippen LogP contribution in [0.5, 0.6) is 0 Å². The molecule has 1 saturated carbocycles. The fourth-order valence-electron chi connectivity index (χ4n) is 4.56. The van der Waals surface area contributed by atoms with E-state index in [4.69, 9.17) is 5.73 Å². The van der Waals surface area contributed by atoms with E-state index in [1.54, 1.807) is 6.20 Å². The highest BCUT2D eigenvalue weighted by atomic mass is 19.1. The maximum absolute atomic E-state index is 13.4. The highest BCUT2D eigenvalue weighted by molar-refractivity contribution is 5.92. The van der Waals surface area contributed by atoms with Gasteiger partial charge in [-0.15, -0.1) is 0 Å². The van der Waals surface area contributed by atoms with Crippen LogP contribution in [0.1, 0.15) is 18.4 Å². The van der Waals surface area contributed by atoms with Crippen LogP contribution in [0, 0.1) is 5.82 Å². The molecule has 0 radical (unpaired) electrons. The normalized spacial score (nSPS) is 24.3. The van der Waals surface area contributed by atoms with Gasteiger partial charge in [0.1, 0.15) is 23.6 Å². The summed E-state index contributed by atoms with van der Waals surface area (Å²) >= 11 is 0. The van der Waals surface area contributed by atoms with Gasteiger partial charge in [0.2, 0.25) is 5.91 Å². The van der Waals surface area contributed by atoms with Gasteiger partial charge in [-0.1, -0.05) is 24.3 Å². The first kappa shape index (κ1) is 26.1. The molecule has 4 rings (SSSR count). The molecule has 1 fully saturated rings. The third kappa shape index (κ3) is 5.88. The molecule has 0 saturated heterocycles. The van der Waals surface area contributed by atoms with Gasteiger partial charge in [0.15, 0.2) is 0 Å². The molecule has 1 aromatic heterocycles. The molecule has 5 unspecified atom stereocenters. The molecule has 1 heterocycles. The van der Waals surface area contributed by atoms with E-state index >= 15 is 0 Å². The van der Waals surface area contributed by atoms with Crippen molar-refractivity contribution in [3.05, 3.63) is 66.1 Å². The van der Waals surface area contributed by atoms with Gasteiger partial charge in [-0.05, 0) is 29.8 Å². The smallest absolute Gasteiger partial charge is 0.319 e. The van der Waals surface area contributed by atoms with Crippen LogP contribution < -0.4 is 21.7 Å². The number of fused-ring (bicyclic) bond motifs is 1. The maximum atomic E-state index is 13.4. The lowest BCUT2D eigenvalue weighted by Gasteiger charge is -2.41. The topological polar surface area (TPSA) is 190 Å². The Morgan fingerprint density at radius 3 is 2.62 bits per heavy atom. The Balaban J connectivity index is 1.45. The zero-order valence-corrected chi connectivity index (χ0v) is 19.6. The summed E-state index contributed by atoms with van der Waals surface area (Å²) in [5, 5.41) is 39.9. The Labute approximate surface area is 210 Å². The quantitative estimate of drug-likeness (QED) is 0.223. The molecular weight excluding hydrogens is 485 g/mol. The molecule has 11 nitrogen and oxygen atoms in total. The van der Waals surface area contributed by atoms with Crippen molar-refractivity contribution in [2.75, 3.05) is 5.32 Å². The second kappa shape index (κ2) is 10.5. The summed E-state index contributed by atoms with van der Waals surface area (Å²) in [7, 11) is 0. The Hall–Kier alpha value is -4.00. The zero-order chi connectivity index (χ0) is 26.7. The molecule has 9 N–H and O–H groups in total. The minimum Gasteiger partial charge on any atom is -0.390 e. The van der Waals surface area contributed by atoms with E-state index in [0.717, 1.165) is 22.5 Å². The highest BCUT2D eigenvalue weighted by Gasteiger charge is 2.49. The number of urea groups is 1. The van der Waals surface area contributed by atoms with Gasteiger partial charge in [-0.3, -0.25) is 9.59 Å². The number of aliphatic hydroxyl groups excluding tert-OH is 2. The summed E-state index contributed by atoms with van der Waals surface area (Å²) in [6, 6.07) is 9.20. The Morgan fingerprint density at radius 1 is 1.14 bits per heavy atom. The minimum absolute atomic E-state index is 0.0457. The van der Waals surface area contributed by atoms with Gasteiger partial charge >= 0.3 is 6.03 Å². The Kier molecular flexibility index (Phi) is 7.43. The number of halogens is 1. The van der Waals surface area contributed by atoms with Crippen molar-refractivity contribution in [2.45, 2.75) is 49.2 Å². The number of aromatic amines is 1. The van der Waals surface area contributed by atoms with Crippen molar-refractivity contribution in [1.29, 1.82) is 0 Å². The summed E-state index contributed by atoms with van der Waals surface area (Å²) in [5.74, 6) is -2.39. The van der Waals surface area contributed by atoms with Gasteiger partial charge in [0, 0.05) is 42.0 Å². The molecule has 0 aliphatic heterocycles. The molecule has 196 valence electrons. The number of nitrogens with one attached hydrogen (secondary N) is 4. The van der Waals surface area contributed by atoms with Crippen molar-refractivity contribution < 1.29 is 34.1 Å². The molecule has 2 aromatic carbocycles. The largest absolute Gasteiger partial charge is 0.390 e. The predicted octanol–water partition coefficient (Wildman–Crippen LogP) is 0.257.